The quantitative estimate of drug-likeness (QED) is 0.837. The summed E-state index contributed by atoms with van der Waals surface area (Å²) >= 11 is 0. The molecular formula is C15H25N3. The molecule has 0 bridgehead atoms. The molecule has 0 aliphatic heterocycles. The second-order valence-corrected chi connectivity index (χ2v) is 5.15. The van der Waals surface area contributed by atoms with E-state index in [-0.39, 0.29) is 0 Å². The Morgan fingerprint density at radius 1 is 1.28 bits per heavy atom. The van der Waals surface area contributed by atoms with Gasteiger partial charge in [-0.3, -0.25) is 9.88 Å². The van der Waals surface area contributed by atoms with Gasteiger partial charge < -0.3 is 5.32 Å². The molecule has 1 fully saturated rings. The average Bonchev–Trinajstić information content (AvgIpc) is 2.90. The van der Waals surface area contributed by atoms with Crippen LogP contribution in [0, 0.1) is 0 Å². The first-order valence-electron chi connectivity index (χ1n) is 7.17. The van der Waals surface area contributed by atoms with Gasteiger partial charge in [0, 0.05) is 19.1 Å². The number of rotatable bonds is 6. The van der Waals surface area contributed by atoms with Gasteiger partial charge in [-0.1, -0.05) is 25.8 Å². The molecule has 1 N–H and O–H groups in total. The first kappa shape index (κ1) is 13.5. The highest BCUT2D eigenvalue weighted by Gasteiger charge is 2.21. The lowest BCUT2D eigenvalue weighted by Gasteiger charge is -2.27. The summed E-state index contributed by atoms with van der Waals surface area (Å²) < 4.78 is 0. The van der Waals surface area contributed by atoms with Gasteiger partial charge in [0.05, 0.1) is 11.4 Å². The summed E-state index contributed by atoms with van der Waals surface area (Å²) in [7, 11) is 1.96. The fourth-order valence-corrected chi connectivity index (χ4v) is 2.87. The summed E-state index contributed by atoms with van der Waals surface area (Å²) in [6, 6.07) is 7.14. The SMILES string of the molecule is CCN(Cc1cccc(CNC)n1)C1CCCC1. The molecule has 1 aromatic heterocycles. The third-order valence-corrected chi connectivity index (χ3v) is 3.83. The van der Waals surface area contributed by atoms with Crippen molar-refractivity contribution >= 4 is 0 Å². The molecule has 0 atom stereocenters. The van der Waals surface area contributed by atoms with E-state index in [0.29, 0.717) is 0 Å². The van der Waals surface area contributed by atoms with E-state index < -0.39 is 0 Å². The van der Waals surface area contributed by atoms with E-state index in [9.17, 15) is 0 Å². The molecule has 1 aromatic rings. The van der Waals surface area contributed by atoms with Crippen molar-refractivity contribution in [1.82, 2.24) is 15.2 Å². The van der Waals surface area contributed by atoms with Crippen molar-refractivity contribution in [3.05, 3.63) is 29.6 Å². The second kappa shape index (κ2) is 6.86. The molecular weight excluding hydrogens is 222 g/mol. The number of nitrogens with one attached hydrogen (secondary N) is 1. The molecule has 0 aromatic carbocycles. The van der Waals surface area contributed by atoms with Crippen molar-refractivity contribution in [1.29, 1.82) is 0 Å². The van der Waals surface area contributed by atoms with Crippen molar-refractivity contribution in [2.24, 2.45) is 0 Å². The van der Waals surface area contributed by atoms with Gasteiger partial charge in [0.15, 0.2) is 0 Å². The van der Waals surface area contributed by atoms with Gasteiger partial charge >= 0.3 is 0 Å². The second-order valence-electron chi connectivity index (χ2n) is 5.15. The minimum absolute atomic E-state index is 0.782. The minimum atomic E-state index is 0.782. The Balaban J connectivity index is 1.99. The molecule has 1 heterocycles. The Kier molecular flexibility index (Phi) is 5.14. The lowest BCUT2D eigenvalue weighted by atomic mass is 10.2. The van der Waals surface area contributed by atoms with E-state index in [4.69, 9.17) is 4.98 Å². The minimum Gasteiger partial charge on any atom is -0.314 e. The van der Waals surface area contributed by atoms with Crippen molar-refractivity contribution in [2.45, 2.75) is 51.7 Å². The molecule has 1 saturated carbocycles. The maximum atomic E-state index is 4.72. The van der Waals surface area contributed by atoms with Gasteiger partial charge in [-0.2, -0.15) is 0 Å². The van der Waals surface area contributed by atoms with Crippen LogP contribution in [0.1, 0.15) is 44.0 Å². The smallest absolute Gasteiger partial charge is 0.0547 e. The van der Waals surface area contributed by atoms with Crippen LogP contribution in [0.3, 0.4) is 0 Å². The van der Waals surface area contributed by atoms with Crippen LogP contribution in [0.15, 0.2) is 18.2 Å². The summed E-state index contributed by atoms with van der Waals surface area (Å²) in [5.41, 5.74) is 2.34. The summed E-state index contributed by atoms with van der Waals surface area (Å²) in [5, 5.41) is 3.16. The van der Waals surface area contributed by atoms with Crippen LogP contribution in [-0.4, -0.2) is 29.5 Å². The van der Waals surface area contributed by atoms with E-state index in [1.54, 1.807) is 0 Å². The summed E-state index contributed by atoms with van der Waals surface area (Å²) in [4.78, 5) is 7.30. The molecule has 0 unspecified atom stereocenters. The summed E-state index contributed by atoms with van der Waals surface area (Å²) in [5.74, 6) is 0. The number of pyridine rings is 1. The molecule has 3 heteroatoms. The van der Waals surface area contributed by atoms with Crippen molar-refractivity contribution in [2.75, 3.05) is 13.6 Å². The standard InChI is InChI=1S/C15H25N3/c1-3-18(15-9-4-5-10-15)12-14-8-6-7-13(17-14)11-16-2/h6-8,15-16H,3-5,9-12H2,1-2H3. The van der Waals surface area contributed by atoms with Crippen molar-refractivity contribution in [3.8, 4) is 0 Å². The van der Waals surface area contributed by atoms with Gasteiger partial charge in [-0.05, 0) is 38.6 Å². The zero-order valence-electron chi connectivity index (χ0n) is 11.7. The molecule has 0 saturated heterocycles. The van der Waals surface area contributed by atoms with E-state index in [1.165, 1.54) is 31.4 Å². The van der Waals surface area contributed by atoms with Gasteiger partial charge in [0.1, 0.15) is 0 Å². The predicted molar refractivity (Wildman–Crippen MR) is 75.3 cm³/mol. The van der Waals surface area contributed by atoms with Crippen molar-refractivity contribution < 1.29 is 0 Å². The average molecular weight is 247 g/mol. The molecule has 100 valence electrons. The van der Waals surface area contributed by atoms with Crippen molar-refractivity contribution in [3.63, 3.8) is 0 Å². The molecule has 18 heavy (non-hydrogen) atoms. The van der Waals surface area contributed by atoms with E-state index in [2.05, 4.69) is 35.3 Å². The van der Waals surface area contributed by atoms with E-state index in [0.717, 1.165) is 31.4 Å². The molecule has 0 radical (unpaired) electrons. The normalized spacial score (nSPS) is 16.6. The molecule has 1 aliphatic rings. The Labute approximate surface area is 111 Å². The maximum absolute atomic E-state index is 4.72. The van der Waals surface area contributed by atoms with Crippen LogP contribution in [0.5, 0.6) is 0 Å². The molecule has 0 spiro atoms. The Hall–Kier alpha value is -0.930. The fourth-order valence-electron chi connectivity index (χ4n) is 2.87. The third kappa shape index (κ3) is 3.53. The van der Waals surface area contributed by atoms with Gasteiger partial charge in [-0.15, -0.1) is 0 Å². The van der Waals surface area contributed by atoms with E-state index in [1.807, 2.05) is 7.05 Å². The van der Waals surface area contributed by atoms with Crippen LogP contribution in [0.2, 0.25) is 0 Å². The first-order valence-corrected chi connectivity index (χ1v) is 7.17. The zero-order chi connectivity index (χ0) is 12.8. The maximum Gasteiger partial charge on any atom is 0.0547 e. The molecule has 3 nitrogen and oxygen atoms in total. The number of hydrogen-bond donors (Lipinski definition) is 1. The Morgan fingerprint density at radius 2 is 2.00 bits per heavy atom. The van der Waals surface area contributed by atoms with Crippen LogP contribution in [0.25, 0.3) is 0 Å². The highest BCUT2D eigenvalue weighted by molar-refractivity contribution is 5.11. The predicted octanol–water partition coefficient (Wildman–Crippen LogP) is 2.57. The highest BCUT2D eigenvalue weighted by atomic mass is 15.2. The van der Waals surface area contributed by atoms with Gasteiger partial charge in [-0.25, -0.2) is 0 Å². The zero-order valence-corrected chi connectivity index (χ0v) is 11.7. The van der Waals surface area contributed by atoms with Crippen LogP contribution >= 0.6 is 0 Å². The molecule has 1 aliphatic carbocycles. The number of nitrogens with zero attached hydrogens (tertiary/aromatic N) is 2. The molecule has 0 amide bonds. The van der Waals surface area contributed by atoms with E-state index >= 15 is 0 Å². The topological polar surface area (TPSA) is 28.2 Å². The largest absolute Gasteiger partial charge is 0.314 e. The van der Waals surface area contributed by atoms with Crippen LogP contribution in [-0.2, 0) is 13.1 Å². The van der Waals surface area contributed by atoms with Gasteiger partial charge in [0.2, 0.25) is 0 Å². The first-order chi connectivity index (χ1) is 8.83. The summed E-state index contributed by atoms with van der Waals surface area (Å²) in [6.45, 7) is 5.24. The third-order valence-electron chi connectivity index (χ3n) is 3.83. The summed E-state index contributed by atoms with van der Waals surface area (Å²) in [6.07, 6.45) is 5.52. The Bertz CT molecular complexity index is 359. The number of hydrogen-bond acceptors (Lipinski definition) is 3. The van der Waals surface area contributed by atoms with Crippen LogP contribution in [0.4, 0.5) is 0 Å². The fraction of sp³-hybridized carbons (Fsp3) is 0.667. The lowest BCUT2D eigenvalue weighted by Crippen LogP contribution is -2.32. The highest BCUT2D eigenvalue weighted by Crippen LogP contribution is 2.24. The lowest BCUT2D eigenvalue weighted by molar-refractivity contribution is 0.198. The monoisotopic (exact) mass is 247 g/mol. The Morgan fingerprint density at radius 3 is 2.67 bits per heavy atom. The van der Waals surface area contributed by atoms with Gasteiger partial charge in [0.25, 0.3) is 0 Å². The number of aromatic nitrogens is 1. The van der Waals surface area contributed by atoms with Crippen LogP contribution < -0.4 is 5.32 Å². The molecule has 2 rings (SSSR count).